The van der Waals surface area contributed by atoms with E-state index in [0.29, 0.717) is 11.1 Å². The zero-order valence-corrected chi connectivity index (χ0v) is 6.71. The fourth-order valence-electron chi connectivity index (χ4n) is 0.879. The minimum atomic E-state index is -0.283. The van der Waals surface area contributed by atoms with E-state index >= 15 is 0 Å². The van der Waals surface area contributed by atoms with Crippen LogP contribution in [0.3, 0.4) is 0 Å². The smallest absolute Gasteiger partial charge is 0.123 e. The van der Waals surface area contributed by atoms with Gasteiger partial charge in [-0.15, -0.1) is 0 Å². The summed E-state index contributed by atoms with van der Waals surface area (Å²) >= 11 is 0. The Morgan fingerprint density at radius 3 is 2.92 bits per heavy atom. The van der Waals surface area contributed by atoms with E-state index in [1.165, 1.54) is 12.1 Å². The molecular formula is C10H8FN. The van der Waals surface area contributed by atoms with E-state index in [1.807, 2.05) is 6.07 Å². The van der Waals surface area contributed by atoms with Crippen LogP contribution >= 0.6 is 0 Å². The van der Waals surface area contributed by atoms with E-state index < -0.39 is 0 Å². The Labute approximate surface area is 70.8 Å². The van der Waals surface area contributed by atoms with Gasteiger partial charge in [0.15, 0.2) is 0 Å². The van der Waals surface area contributed by atoms with Crippen LogP contribution in [0.1, 0.15) is 12.5 Å². The average molecular weight is 161 g/mol. The molecule has 0 unspecified atom stereocenters. The van der Waals surface area contributed by atoms with E-state index in [1.54, 1.807) is 25.1 Å². The second-order valence-corrected chi connectivity index (χ2v) is 2.49. The molecule has 0 spiro atoms. The van der Waals surface area contributed by atoms with Crippen LogP contribution in [0.25, 0.3) is 6.08 Å². The molecule has 0 aliphatic heterocycles. The van der Waals surface area contributed by atoms with Gasteiger partial charge in [-0.25, -0.2) is 4.39 Å². The Kier molecular flexibility index (Phi) is 2.60. The molecule has 60 valence electrons. The summed E-state index contributed by atoms with van der Waals surface area (Å²) in [6, 6.07) is 8.11. The summed E-state index contributed by atoms with van der Waals surface area (Å²) in [5.41, 5.74) is 1.29. The topological polar surface area (TPSA) is 23.8 Å². The normalized spacial score (nSPS) is 10.9. The fourth-order valence-corrected chi connectivity index (χ4v) is 0.879. The lowest BCUT2D eigenvalue weighted by Crippen LogP contribution is -1.76. The molecule has 0 saturated carbocycles. The van der Waals surface area contributed by atoms with Crippen molar-refractivity contribution in [1.29, 1.82) is 5.26 Å². The first-order valence-corrected chi connectivity index (χ1v) is 3.56. The summed E-state index contributed by atoms with van der Waals surface area (Å²) in [5.74, 6) is -0.283. The van der Waals surface area contributed by atoms with Gasteiger partial charge in [0.2, 0.25) is 0 Å². The minimum absolute atomic E-state index is 0.283. The number of nitriles is 1. The van der Waals surface area contributed by atoms with Crippen molar-refractivity contribution in [3.8, 4) is 6.07 Å². The fraction of sp³-hybridized carbons (Fsp3) is 0.100. The van der Waals surface area contributed by atoms with Crippen molar-refractivity contribution >= 4 is 6.08 Å². The zero-order chi connectivity index (χ0) is 8.97. The lowest BCUT2D eigenvalue weighted by Gasteiger charge is -1.92. The molecule has 0 amide bonds. The van der Waals surface area contributed by atoms with Crippen molar-refractivity contribution in [3.63, 3.8) is 0 Å². The quantitative estimate of drug-likeness (QED) is 0.581. The van der Waals surface area contributed by atoms with Crippen LogP contribution in [-0.2, 0) is 0 Å². The highest BCUT2D eigenvalue weighted by molar-refractivity contribution is 5.55. The number of rotatable bonds is 1. The van der Waals surface area contributed by atoms with Crippen LogP contribution < -0.4 is 0 Å². The molecule has 0 fully saturated rings. The molecule has 0 N–H and O–H groups in total. The third kappa shape index (κ3) is 2.21. The minimum Gasteiger partial charge on any atom is -0.207 e. The number of nitrogens with zero attached hydrogens (tertiary/aromatic N) is 1. The SMILES string of the molecule is C/C(C#N)=C/c1cccc(F)c1. The van der Waals surface area contributed by atoms with E-state index in [0.717, 1.165) is 0 Å². The van der Waals surface area contributed by atoms with Crippen LogP contribution in [0.4, 0.5) is 4.39 Å². The van der Waals surface area contributed by atoms with Gasteiger partial charge in [0.1, 0.15) is 5.82 Å². The summed E-state index contributed by atoms with van der Waals surface area (Å²) in [6.45, 7) is 1.69. The van der Waals surface area contributed by atoms with Gasteiger partial charge in [0.05, 0.1) is 6.07 Å². The third-order valence-electron chi connectivity index (χ3n) is 1.41. The molecule has 0 atom stereocenters. The maximum atomic E-state index is 12.6. The highest BCUT2D eigenvalue weighted by Crippen LogP contribution is 2.07. The van der Waals surface area contributed by atoms with E-state index in [4.69, 9.17) is 5.26 Å². The Morgan fingerprint density at radius 1 is 1.58 bits per heavy atom. The van der Waals surface area contributed by atoms with Crippen molar-refractivity contribution < 1.29 is 4.39 Å². The summed E-state index contributed by atoms with van der Waals surface area (Å²) in [4.78, 5) is 0. The van der Waals surface area contributed by atoms with Gasteiger partial charge in [-0.3, -0.25) is 0 Å². The Balaban J connectivity index is 2.99. The van der Waals surface area contributed by atoms with Crippen molar-refractivity contribution in [2.24, 2.45) is 0 Å². The van der Waals surface area contributed by atoms with Crippen LogP contribution in [0.15, 0.2) is 29.8 Å². The molecule has 1 aromatic rings. The highest BCUT2D eigenvalue weighted by atomic mass is 19.1. The first kappa shape index (κ1) is 8.48. The van der Waals surface area contributed by atoms with Gasteiger partial charge < -0.3 is 0 Å². The van der Waals surface area contributed by atoms with Crippen molar-refractivity contribution in [2.75, 3.05) is 0 Å². The summed E-state index contributed by atoms with van der Waals surface area (Å²) in [7, 11) is 0. The van der Waals surface area contributed by atoms with E-state index in [2.05, 4.69) is 0 Å². The number of hydrogen-bond donors (Lipinski definition) is 0. The molecule has 1 aromatic carbocycles. The number of halogens is 1. The Hall–Kier alpha value is -1.62. The molecule has 1 rings (SSSR count). The molecule has 0 aliphatic carbocycles. The van der Waals surface area contributed by atoms with Crippen LogP contribution in [-0.4, -0.2) is 0 Å². The molecule has 0 aromatic heterocycles. The number of hydrogen-bond acceptors (Lipinski definition) is 1. The van der Waals surface area contributed by atoms with Crippen LogP contribution in [0, 0.1) is 17.1 Å². The van der Waals surface area contributed by atoms with Gasteiger partial charge in [-0.2, -0.15) is 5.26 Å². The lowest BCUT2D eigenvalue weighted by molar-refractivity contribution is 0.627. The van der Waals surface area contributed by atoms with E-state index in [9.17, 15) is 4.39 Å². The lowest BCUT2D eigenvalue weighted by atomic mass is 10.1. The first-order chi connectivity index (χ1) is 5.72. The molecule has 0 aliphatic rings. The molecule has 0 saturated heterocycles. The van der Waals surface area contributed by atoms with Crippen molar-refractivity contribution in [1.82, 2.24) is 0 Å². The van der Waals surface area contributed by atoms with Crippen LogP contribution in [0.2, 0.25) is 0 Å². The zero-order valence-electron chi connectivity index (χ0n) is 6.71. The Morgan fingerprint density at radius 2 is 2.33 bits per heavy atom. The first-order valence-electron chi connectivity index (χ1n) is 3.56. The average Bonchev–Trinajstić information content (AvgIpc) is 2.04. The molecule has 0 radical (unpaired) electrons. The van der Waals surface area contributed by atoms with Crippen molar-refractivity contribution in [2.45, 2.75) is 6.92 Å². The second kappa shape index (κ2) is 3.68. The highest BCUT2D eigenvalue weighted by Gasteiger charge is 1.91. The molecular weight excluding hydrogens is 153 g/mol. The second-order valence-electron chi connectivity index (χ2n) is 2.49. The maximum Gasteiger partial charge on any atom is 0.123 e. The third-order valence-corrected chi connectivity index (χ3v) is 1.41. The molecule has 0 heterocycles. The molecule has 12 heavy (non-hydrogen) atoms. The van der Waals surface area contributed by atoms with Gasteiger partial charge >= 0.3 is 0 Å². The standard InChI is InChI=1S/C10H8FN/c1-8(7-12)5-9-3-2-4-10(11)6-9/h2-6H,1H3/b8-5-. The van der Waals surface area contributed by atoms with Crippen molar-refractivity contribution in [3.05, 3.63) is 41.2 Å². The van der Waals surface area contributed by atoms with Gasteiger partial charge in [-0.1, -0.05) is 12.1 Å². The predicted octanol–water partition coefficient (Wildman–Crippen LogP) is 2.75. The monoisotopic (exact) mass is 161 g/mol. The van der Waals surface area contributed by atoms with Gasteiger partial charge in [0, 0.05) is 5.57 Å². The van der Waals surface area contributed by atoms with E-state index in [-0.39, 0.29) is 5.82 Å². The molecule has 2 heteroatoms. The predicted molar refractivity (Wildman–Crippen MR) is 45.7 cm³/mol. The maximum absolute atomic E-state index is 12.6. The summed E-state index contributed by atoms with van der Waals surface area (Å²) in [6.07, 6.45) is 1.64. The number of allylic oxidation sites excluding steroid dienone is 1. The Bertz CT molecular complexity index is 347. The largest absolute Gasteiger partial charge is 0.207 e. The van der Waals surface area contributed by atoms with Crippen LogP contribution in [0.5, 0.6) is 0 Å². The summed E-state index contributed by atoms with van der Waals surface area (Å²) in [5, 5.41) is 8.45. The molecule has 0 bridgehead atoms. The van der Waals surface area contributed by atoms with Gasteiger partial charge in [-0.05, 0) is 30.7 Å². The van der Waals surface area contributed by atoms with Gasteiger partial charge in [0.25, 0.3) is 0 Å². The summed E-state index contributed by atoms with van der Waals surface area (Å²) < 4.78 is 12.6. The number of benzene rings is 1. The molecule has 1 nitrogen and oxygen atoms in total.